The molecule has 0 saturated heterocycles. The summed E-state index contributed by atoms with van der Waals surface area (Å²) in [5.41, 5.74) is 0. The topological polar surface area (TPSA) is 78.9 Å². The Morgan fingerprint density at radius 3 is 2.53 bits per heavy atom. The van der Waals surface area contributed by atoms with Gasteiger partial charge < -0.3 is 15.2 Å². The lowest BCUT2D eigenvalue weighted by Gasteiger charge is -2.20. The lowest BCUT2D eigenvalue weighted by molar-refractivity contribution is -0.142. The Labute approximate surface area is 120 Å². The van der Waals surface area contributed by atoms with Crippen LogP contribution < -0.4 is 5.32 Å². The molecule has 0 aromatic carbocycles. The largest absolute Gasteiger partial charge is 0.480 e. The normalized spacial score (nSPS) is 11.8. The molecule has 114 valence electrons. The third-order valence-electron chi connectivity index (χ3n) is 2.62. The number of ether oxygens (including phenoxy) is 1. The fourth-order valence-electron chi connectivity index (χ4n) is 1.22. The maximum atomic E-state index is 11.5. The third-order valence-corrected chi connectivity index (χ3v) is 2.62. The smallest absolute Gasteiger partial charge is 0.320 e. The van der Waals surface area contributed by atoms with E-state index >= 15 is 0 Å². The zero-order valence-electron chi connectivity index (χ0n) is 11.8. The first kappa shape index (κ1) is 20.5. The summed E-state index contributed by atoms with van der Waals surface area (Å²) in [6, 6.07) is -0.670. The van der Waals surface area contributed by atoms with Crippen LogP contribution in [-0.4, -0.2) is 61.3 Å². The first-order valence-corrected chi connectivity index (χ1v) is 6.26. The molecule has 0 spiro atoms. The molecule has 1 atom stereocenters. The lowest BCUT2D eigenvalue weighted by atomic mass is 10.3. The number of halogens is 1. The van der Waals surface area contributed by atoms with Crippen LogP contribution in [0.4, 0.5) is 0 Å². The molecule has 0 aliphatic heterocycles. The van der Waals surface area contributed by atoms with Crippen LogP contribution in [0.25, 0.3) is 0 Å². The second kappa shape index (κ2) is 12.2. The summed E-state index contributed by atoms with van der Waals surface area (Å²) in [7, 11) is 1.61. The molecule has 7 heteroatoms. The Balaban J connectivity index is 0. The highest BCUT2D eigenvalue weighted by Crippen LogP contribution is 1.94. The quantitative estimate of drug-likeness (QED) is 0.582. The van der Waals surface area contributed by atoms with Gasteiger partial charge in [-0.1, -0.05) is 13.3 Å². The lowest BCUT2D eigenvalue weighted by Crippen LogP contribution is -2.43. The molecule has 0 aromatic heterocycles. The third kappa shape index (κ3) is 10.7. The maximum absolute atomic E-state index is 11.5. The Kier molecular flexibility index (Phi) is 13.1. The van der Waals surface area contributed by atoms with Crippen molar-refractivity contribution >= 4 is 24.3 Å². The highest BCUT2D eigenvalue weighted by atomic mass is 35.5. The molecule has 1 unspecified atom stereocenters. The maximum Gasteiger partial charge on any atom is 0.320 e. The van der Waals surface area contributed by atoms with Crippen molar-refractivity contribution < 1.29 is 19.4 Å². The van der Waals surface area contributed by atoms with Crippen LogP contribution in [0, 0.1) is 0 Å². The van der Waals surface area contributed by atoms with Gasteiger partial charge in [0.1, 0.15) is 6.04 Å². The number of carbonyl (C=O) groups excluding carboxylic acids is 1. The second-order valence-electron chi connectivity index (χ2n) is 4.25. The monoisotopic (exact) mass is 296 g/mol. The zero-order valence-corrected chi connectivity index (χ0v) is 12.7. The number of nitrogens with one attached hydrogen (secondary N) is 1. The van der Waals surface area contributed by atoms with Gasteiger partial charge >= 0.3 is 5.97 Å². The zero-order chi connectivity index (χ0) is 14.0. The van der Waals surface area contributed by atoms with Crippen molar-refractivity contribution in [3.63, 3.8) is 0 Å². The van der Waals surface area contributed by atoms with Gasteiger partial charge in [0, 0.05) is 13.2 Å². The highest BCUT2D eigenvalue weighted by molar-refractivity contribution is 5.85. The van der Waals surface area contributed by atoms with Crippen molar-refractivity contribution in [2.75, 3.05) is 33.4 Å². The Morgan fingerprint density at radius 2 is 2.00 bits per heavy atom. The summed E-state index contributed by atoms with van der Waals surface area (Å²) in [5.74, 6) is -1.13. The van der Waals surface area contributed by atoms with E-state index in [9.17, 15) is 9.59 Å². The minimum Gasteiger partial charge on any atom is -0.480 e. The first-order valence-electron chi connectivity index (χ1n) is 6.26. The fourth-order valence-corrected chi connectivity index (χ4v) is 1.22. The molecule has 0 rings (SSSR count). The number of hydrogen-bond donors (Lipinski definition) is 2. The number of amides is 1. The predicted molar refractivity (Wildman–Crippen MR) is 75.7 cm³/mol. The number of hydrogen-bond acceptors (Lipinski definition) is 4. The van der Waals surface area contributed by atoms with E-state index < -0.39 is 12.0 Å². The summed E-state index contributed by atoms with van der Waals surface area (Å²) in [5, 5.41) is 11.5. The number of carboxylic acid groups (broad SMARTS) is 1. The van der Waals surface area contributed by atoms with E-state index in [0.29, 0.717) is 19.8 Å². The molecular formula is C12H25ClN2O4. The van der Waals surface area contributed by atoms with Crippen molar-refractivity contribution in [3.8, 4) is 0 Å². The van der Waals surface area contributed by atoms with Crippen molar-refractivity contribution in [3.05, 3.63) is 0 Å². The number of likely N-dealkylation sites (N-methyl/N-ethyl adjacent to an activating group) is 1. The summed E-state index contributed by atoms with van der Waals surface area (Å²) in [6.07, 6.45) is 2.11. The summed E-state index contributed by atoms with van der Waals surface area (Å²) in [6.45, 7) is 5.36. The molecule has 1 amide bonds. The van der Waals surface area contributed by atoms with Crippen LogP contribution in [0.2, 0.25) is 0 Å². The van der Waals surface area contributed by atoms with E-state index in [0.717, 1.165) is 12.8 Å². The number of nitrogens with zero attached hydrogens (tertiary/aromatic N) is 1. The van der Waals surface area contributed by atoms with Gasteiger partial charge in [0.2, 0.25) is 5.91 Å². The average molecular weight is 297 g/mol. The van der Waals surface area contributed by atoms with Gasteiger partial charge in [-0.2, -0.15) is 0 Å². The van der Waals surface area contributed by atoms with Crippen molar-refractivity contribution in [2.45, 2.75) is 32.7 Å². The fraction of sp³-hybridized carbons (Fsp3) is 0.833. The summed E-state index contributed by atoms with van der Waals surface area (Å²) < 4.78 is 5.29. The molecule has 0 heterocycles. The number of unbranched alkanes of at least 4 members (excludes halogenated alkanes) is 1. The van der Waals surface area contributed by atoms with Gasteiger partial charge in [0.15, 0.2) is 0 Å². The number of aliphatic carboxylic acids is 1. The molecule has 0 aliphatic rings. The van der Waals surface area contributed by atoms with E-state index in [2.05, 4.69) is 12.2 Å². The van der Waals surface area contributed by atoms with Crippen LogP contribution in [0.3, 0.4) is 0 Å². The second-order valence-corrected chi connectivity index (χ2v) is 4.25. The molecule has 19 heavy (non-hydrogen) atoms. The molecule has 0 saturated carbocycles. The highest BCUT2D eigenvalue weighted by Gasteiger charge is 2.18. The van der Waals surface area contributed by atoms with Crippen LogP contribution in [-0.2, 0) is 14.3 Å². The van der Waals surface area contributed by atoms with Crippen LogP contribution in [0.15, 0.2) is 0 Å². The molecule has 0 aromatic rings. The molecular weight excluding hydrogens is 272 g/mol. The number of rotatable bonds is 10. The minimum absolute atomic E-state index is 0. The Bertz CT molecular complexity index is 264. The van der Waals surface area contributed by atoms with Gasteiger partial charge in [-0.05, 0) is 20.4 Å². The molecule has 2 N–H and O–H groups in total. The number of carboxylic acids is 1. The first-order chi connectivity index (χ1) is 8.49. The Morgan fingerprint density at radius 1 is 1.37 bits per heavy atom. The molecule has 0 aliphatic carbocycles. The SMILES string of the molecule is CCCCOCCNC(=O)CN(C)C(C)C(=O)O.Cl. The van der Waals surface area contributed by atoms with E-state index in [4.69, 9.17) is 9.84 Å². The minimum atomic E-state index is -0.937. The molecule has 6 nitrogen and oxygen atoms in total. The summed E-state index contributed by atoms with van der Waals surface area (Å²) in [4.78, 5) is 23.6. The van der Waals surface area contributed by atoms with Crippen molar-refractivity contribution in [2.24, 2.45) is 0 Å². The van der Waals surface area contributed by atoms with Gasteiger partial charge in [0.05, 0.1) is 13.2 Å². The average Bonchev–Trinajstić information content (AvgIpc) is 2.32. The van der Waals surface area contributed by atoms with Crippen LogP contribution in [0.5, 0.6) is 0 Å². The Hall–Kier alpha value is -0.850. The van der Waals surface area contributed by atoms with E-state index in [1.165, 1.54) is 4.90 Å². The standard InChI is InChI=1S/C12H24N2O4.ClH/c1-4-5-7-18-8-6-13-11(15)9-14(3)10(2)12(16)17;/h10H,4-9H2,1-3H3,(H,13,15)(H,16,17);1H. The predicted octanol–water partition coefficient (Wildman–Crippen LogP) is 0.746. The van der Waals surface area contributed by atoms with E-state index in [-0.39, 0.29) is 24.9 Å². The molecule has 0 bridgehead atoms. The van der Waals surface area contributed by atoms with Gasteiger partial charge in [-0.3, -0.25) is 14.5 Å². The van der Waals surface area contributed by atoms with Gasteiger partial charge in [-0.15, -0.1) is 12.4 Å². The summed E-state index contributed by atoms with van der Waals surface area (Å²) >= 11 is 0. The van der Waals surface area contributed by atoms with Crippen molar-refractivity contribution in [1.82, 2.24) is 10.2 Å². The number of carbonyl (C=O) groups is 2. The van der Waals surface area contributed by atoms with Crippen LogP contribution in [0.1, 0.15) is 26.7 Å². The molecule has 0 fully saturated rings. The van der Waals surface area contributed by atoms with Crippen molar-refractivity contribution in [1.29, 1.82) is 0 Å². The van der Waals surface area contributed by atoms with Gasteiger partial charge in [0.25, 0.3) is 0 Å². The van der Waals surface area contributed by atoms with Crippen LogP contribution >= 0.6 is 12.4 Å². The van der Waals surface area contributed by atoms with E-state index in [1.807, 2.05) is 0 Å². The molecule has 0 radical (unpaired) electrons. The van der Waals surface area contributed by atoms with Gasteiger partial charge in [-0.25, -0.2) is 0 Å². The van der Waals surface area contributed by atoms with E-state index in [1.54, 1.807) is 14.0 Å².